The van der Waals surface area contributed by atoms with E-state index in [2.05, 4.69) is 4.98 Å². The number of likely N-dealkylation sites (N-methyl/N-ethyl adjacent to an activating group) is 1. The molecule has 0 aliphatic rings. The minimum atomic E-state index is -0.441. The van der Waals surface area contributed by atoms with E-state index in [1.165, 1.54) is 30.0 Å². The average Bonchev–Trinajstić information content (AvgIpc) is 3.10. The number of hydrogen-bond donors (Lipinski definition) is 0. The molecule has 1 amide bonds. The van der Waals surface area contributed by atoms with Crippen LogP contribution in [0.3, 0.4) is 0 Å². The maximum atomic E-state index is 12.5. The molecule has 1 atom stereocenters. The van der Waals surface area contributed by atoms with Crippen LogP contribution in [0.2, 0.25) is 0 Å². The SMILES string of the molecule is CC(c1nc2ccccc2s1)N(C)C(=O)C=Cc1cn(C)c(=O)n(C)c1=O. The Morgan fingerprint density at radius 1 is 1.26 bits per heavy atom. The summed E-state index contributed by atoms with van der Waals surface area (Å²) in [6.45, 7) is 1.91. The first kappa shape index (κ1) is 18.8. The van der Waals surface area contributed by atoms with Crippen molar-refractivity contribution in [2.75, 3.05) is 7.05 Å². The fraction of sp³-hybridized carbons (Fsp3) is 0.263. The topological polar surface area (TPSA) is 77.2 Å². The number of carbonyl (C=O) groups excluding carboxylic acids is 1. The smallest absolute Gasteiger partial charge is 0.330 e. The first-order chi connectivity index (χ1) is 12.8. The van der Waals surface area contributed by atoms with Crippen molar-refractivity contribution in [1.29, 1.82) is 0 Å². The van der Waals surface area contributed by atoms with Gasteiger partial charge in [-0.3, -0.25) is 14.2 Å². The highest BCUT2D eigenvalue weighted by molar-refractivity contribution is 7.18. The van der Waals surface area contributed by atoms with Gasteiger partial charge in [-0.1, -0.05) is 12.1 Å². The van der Waals surface area contributed by atoms with Crippen LogP contribution in [0.25, 0.3) is 16.3 Å². The molecule has 0 N–H and O–H groups in total. The zero-order valence-electron chi connectivity index (χ0n) is 15.5. The van der Waals surface area contributed by atoms with Crippen molar-refractivity contribution in [3.05, 3.63) is 67.9 Å². The summed E-state index contributed by atoms with van der Waals surface area (Å²) in [5.41, 5.74) is 0.331. The van der Waals surface area contributed by atoms with Gasteiger partial charge < -0.3 is 9.47 Å². The third-order valence-electron chi connectivity index (χ3n) is 4.47. The highest BCUT2D eigenvalue weighted by atomic mass is 32.1. The number of fused-ring (bicyclic) bond motifs is 1. The molecule has 3 aromatic rings. The molecule has 0 saturated heterocycles. The summed E-state index contributed by atoms with van der Waals surface area (Å²) in [4.78, 5) is 42.6. The lowest BCUT2D eigenvalue weighted by atomic mass is 10.2. The van der Waals surface area contributed by atoms with Crippen molar-refractivity contribution in [2.45, 2.75) is 13.0 Å². The number of aromatic nitrogens is 3. The van der Waals surface area contributed by atoms with Crippen LogP contribution in [-0.4, -0.2) is 32.0 Å². The van der Waals surface area contributed by atoms with Gasteiger partial charge in [0.2, 0.25) is 5.91 Å². The van der Waals surface area contributed by atoms with E-state index in [-0.39, 0.29) is 17.5 Å². The Balaban J connectivity index is 1.82. The van der Waals surface area contributed by atoms with E-state index in [9.17, 15) is 14.4 Å². The van der Waals surface area contributed by atoms with Crippen molar-refractivity contribution in [2.24, 2.45) is 14.1 Å². The van der Waals surface area contributed by atoms with Gasteiger partial charge in [0.25, 0.3) is 5.56 Å². The van der Waals surface area contributed by atoms with E-state index in [0.717, 1.165) is 19.8 Å². The van der Waals surface area contributed by atoms with Crippen molar-refractivity contribution in [3.63, 3.8) is 0 Å². The molecule has 8 heteroatoms. The molecule has 0 aliphatic carbocycles. The molecule has 0 fully saturated rings. The Morgan fingerprint density at radius 3 is 2.67 bits per heavy atom. The monoisotopic (exact) mass is 384 g/mol. The van der Waals surface area contributed by atoms with Gasteiger partial charge in [-0.15, -0.1) is 11.3 Å². The summed E-state index contributed by atoms with van der Waals surface area (Å²) in [5.74, 6) is -0.252. The van der Waals surface area contributed by atoms with E-state index in [0.29, 0.717) is 0 Å². The van der Waals surface area contributed by atoms with Gasteiger partial charge in [-0.25, -0.2) is 9.78 Å². The number of thiazole rings is 1. The van der Waals surface area contributed by atoms with Crippen LogP contribution in [0.15, 0.2) is 46.1 Å². The molecule has 0 aliphatic heterocycles. The molecule has 0 spiro atoms. The lowest BCUT2D eigenvalue weighted by molar-refractivity contribution is -0.126. The molecule has 2 heterocycles. The van der Waals surface area contributed by atoms with Gasteiger partial charge in [0.1, 0.15) is 5.01 Å². The number of hydrogen-bond acceptors (Lipinski definition) is 5. The van der Waals surface area contributed by atoms with E-state index >= 15 is 0 Å². The highest BCUT2D eigenvalue weighted by Crippen LogP contribution is 2.28. The molecule has 140 valence electrons. The summed E-state index contributed by atoms with van der Waals surface area (Å²) in [7, 11) is 4.66. The minimum Gasteiger partial charge on any atom is -0.333 e. The van der Waals surface area contributed by atoms with E-state index in [4.69, 9.17) is 0 Å². The molecular formula is C19H20N4O3S. The minimum absolute atomic E-state index is 0.206. The zero-order valence-corrected chi connectivity index (χ0v) is 16.4. The Morgan fingerprint density at radius 2 is 1.96 bits per heavy atom. The summed E-state index contributed by atoms with van der Waals surface area (Å²) >= 11 is 1.55. The van der Waals surface area contributed by atoms with Crippen LogP contribution in [0.1, 0.15) is 23.5 Å². The lowest BCUT2D eigenvalue weighted by Gasteiger charge is -2.21. The van der Waals surface area contributed by atoms with Gasteiger partial charge in [-0.05, 0) is 25.1 Å². The van der Waals surface area contributed by atoms with Gasteiger partial charge in [0.15, 0.2) is 0 Å². The van der Waals surface area contributed by atoms with Gasteiger partial charge in [0, 0.05) is 33.4 Å². The Bertz CT molecular complexity index is 1120. The number of rotatable bonds is 4. The quantitative estimate of drug-likeness (QED) is 0.644. The predicted octanol–water partition coefficient (Wildman–Crippen LogP) is 1.93. The summed E-state index contributed by atoms with van der Waals surface area (Å²) < 4.78 is 3.39. The second kappa shape index (κ2) is 7.32. The predicted molar refractivity (Wildman–Crippen MR) is 107 cm³/mol. The van der Waals surface area contributed by atoms with Crippen molar-refractivity contribution >= 4 is 33.5 Å². The van der Waals surface area contributed by atoms with Crippen LogP contribution in [-0.2, 0) is 18.9 Å². The van der Waals surface area contributed by atoms with E-state index in [1.807, 2.05) is 31.2 Å². The Hall–Kier alpha value is -3.00. The highest BCUT2D eigenvalue weighted by Gasteiger charge is 2.19. The Kier molecular flexibility index (Phi) is 5.09. The standard InChI is InChI=1S/C19H20N4O3S/c1-12(17-20-14-7-5-6-8-15(14)27-17)22(3)16(24)10-9-13-11-21(2)19(26)23(4)18(13)25/h5-12H,1-4H3. The zero-order chi connectivity index (χ0) is 19.7. The maximum Gasteiger partial charge on any atom is 0.330 e. The average molecular weight is 384 g/mol. The number of aryl methyl sites for hydroxylation is 1. The van der Waals surface area contributed by atoms with Crippen LogP contribution < -0.4 is 11.2 Å². The third kappa shape index (κ3) is 3.61. The molecule has 3 rings (SSSR count). The molecule has 7 nitrogen and oxygen atoms in total. The molecule has 0 bridgehead atoms. The van der Waals surface area contributed by atoms with Crippen molar-refractivity contribution < 1.29 is 4.79 Å². The number of nitrogens with zero attached hydrogens (tertiary/aromatic N) is 4. The Labute approximate surface area is 159 Å². The maximum absolute atomic E-state index is 12.5. The molecular weight excluding hydrogens is 364 g/mol. The van der Waals surface area contributed by atoms with Crippen molar-refractivity contribution in [1.82, 2.24) is 19.0 Å². The van der Waals surface area contributed by atoms with Crippen molar-refractivity contribution in [3.8, 4) is 0 Å². The van der Waals surface area contributed by atoms with E-state index < -0.39 is 11.2 Å². The largest absolute Gasteiger partial charge is 0.333 e. The summed E-state index contributed by atoms with van der Waals surface area (Å²) in [6, 6.07) is 7.63. The van der Waals surface area contributed by atoms with Crippen LogP contribution >= 0.6 is 11.3 Å². The second-order valence-corrected chi connectivity index (χ2v) is 7.38. The van der Waals surface area contributed by atoms with Gasteiger partial charge in [0.05, 0.1) is 21.8 Å². The molecule has 1 aromatic carbocycles. The van der Waals surface area contributed by atoms with Gasteiger partial charge in [-0.2, -0.15) is 0 Å². The van der Waals surface area contributed by atoms with Gasteiger partial charge >= 0.3 is 5.69 Å². The number of benzene rings is 1. The fourth-order valence-electron chi connectivity index (χ4n) is 2.65. The summed E-state index contributed by atoms with van der Waals surface area (Å²) in [6.07, 6.45) is 4.20. The number of para-hydroxylation sites is 1. The first-order valence-corrected chi connectivity index (χ1v) is 9.18. The summed E-state index contributed by atoms with van der Waals surface area (Å²) in [5, 5.41) is 0.846. The molecule has 27 heavy (non-hydrogen) atoms. The third-order valence-corrected chi connectivity index (χ3v) is 5.68. The van der Waals surface area contributed by atoms with E-state index in [1.54, 1.807) is 30.3 Å². The van der Waals surface area contributed by atoms with Crippen LogP contribution in [0.4, 0.5) is 0 Å². The number of carbonyl (C=O) groups is 1. The fourth-order valence-corrected chi connectivity index (χ4v) is 3.72. The first-order valence-electron chi connectivity index (χ1n) is 8.36. The molecule has 2 aromatic heterocycles. The molecule has 1 unspecified atom stereocenters. The van der Waals surface area contributed by atoms with Crippen LogP contribution in [0.5, 0.6) is 0 Å². The van der Waals surface area contributed by atoms with Crippen LogP contribution in [0, 0.1) is 0 Å². The second-order valence-electron chi connectivity index (χ2n) is 6.32. The normalized spacial score (nSPS) is 12.6. The molecule has 0 saturated carbocycles. The lowest BCUT2D eigenvalue weighted by Crippen LogP contribution is -2.37. The molecule has 0 radical (unpaired) electrons. The number of amides is 1.